The molecule has 4 heterocycles. The van der Waals surface area contributed by atoms with Crippen molar-refractivity contribution in [3.8, 4) is 11.3 Å². The number of pyridine rings is 2. The Bertz CT molecular complexity index is 1400. The van der Waals surface area contributed by atoms with E-state index < -0.39 is 0 Å². The molecule has 1 amide bonds. The molecule has 2 N–H and O–H groups in total. The van der Waals surface area contributed by atoms with Gasteiger partial charge in [-0.1, -0.05) is 13.8 Å². The summed E-state index contributed by atoms with van der Waals surface area (Å²) in [7, 11) is 3.94. The number of H-pyrrole nitrogens is 1. The molecule has 0 aliphatic rings. The molecule has 0 radical (unpaired) electrons. The van der Waals surface area contributed by atoms with Gasteiger partial charge in [0.05, 0.1) is 22.1 Å². The molecule has 0 spiro atoms. The normalized spacial score (nSPS) is 12.7. The number of aryl methyl sites for hydroxylation is 1. The topological polar surface area (TPSA) is 94.5 Å². The van der Waals surface area contributed by atoms with E-state index in [2.05, 4.69) is 66.8 Å². The van der Waals surface area contributed by atoms with Gasteiger partial charge in [-0.05, 0) is 64.0 Å². The number of nitrogens with zero attached hydrogens (tertiary/aromatic N) is 6. The first-order valence-electron chi connectivity index (χ1n) is 12.8. The van der Waals surface area contributed by atoms with E-state index in [1.54, 1.807) is 11.2 Å². The quantitative estimate of drug-likeness (QED) is 0.210. The maximum atomic E-state index is 12.7. The SMILES string of the molecule is Cc1c(-c2[nH]c3ccc(NCCN(C(=O)CCN(C)C)C(C)S)nc3c2C(C)C)cn2ncnc2c1C. The molecule has 4 aromatic heterocycles. The van der Waals surface area contributed by atoms with E-state index in [-0.39, 0.29) is 17.2 Å². The van der Waals surface area contributed by atoms with Gasteiger partial charge in [0, 0.05) is 43.4 Å². The molecule has 198 valence electrons. The standard InChI is InChI=1S/C27H38N8OS/c1-16(2)24-25(20-14-35-27(29-15-30-35)18(4)17(20)3)31-21-8-9-22(32-26(21)24)28-11-13-34(19(5)37)23(36)10-12-33(6)7/h8-9,14-16,19,31,37H,10-13H2,1-7H3,(H,28,32). The number of hydrogen-bond acceptors (Lipinski definition) is 7. The number of fused-ring (bicyclic) bond motifs is 2. The van der Waals surface area contributed by atoms with Crippen molar-refractivity contribution in [3.05, 3.63) is 41.3 Å². The van der Waals surface area contributed by atoms with Crippen LogP contribution in [0.2, 0.25) is 0 Å². The second kappa shape index (κ2) is 11.1. The number of hydrogen-bond donors (Lipinski definition) is 3. The average molecular weight is 523 g/mol. The van der Waals surface area contributed by atoms with E-state index in [0.29, 0.717) is 19.5 Å². The summed E-state index contributed by atoms with van der Waals surface area (Å²) in [6.07, 6.45) is 4.11. The van der Waals surface area contributed by atoms with Gasteiger partial charge in [-0.15, -0.1) is 0 Å². The van der Waals surface area contributed by atoms with Crippen molar-refractivity contribution < 1.29 is 4.79 Å². The van der Waals surface area contributed by atoms with Crippen LogP contribution in [0.15, 0.2) is 24.7 Å². The van der Waals surface area contributed by atoms with Crippen LogP contribution in [0.5, 0.6) is 0 Å². The third kappa shape index (κ3) is 5.60. The third-order valence-corrected chi connectivity index (χ3v) is 7.13. The Balaban J connectivity index is 1.60. The van der Waals surface area contributed by atoms with Crippen LogP contribution in [0.1, 0.15) is 49.8 Å². The van der Waals surface area contributed by atoms with Gasteiger partial charge < -0.3 is 20.1 Å². The van der Waals surface area contributed by atoms with Gasteiger partial charge in [0.2, 0.25) is 5.91 Å². The van der Waals surface area contributed by atoms with Crippen molar-refractivity contribution >= 4 is 41.0 Å². The number of anilines is 1. The molecule has 0 aliphatic carbocycles. The average Bonchev–Trinajstić information content (AvgIpc) is 3.46. The van der Waals surface area contributed by atoms with Gasteiger partial charge in [-0.3, -0.25) is 4.79 Å². The Labute approximate surface area is 224 Å². The predicted octanol–water partition coefficient (Wildman–Crippen LogP) is 4.48. The van der Waals surface area contributed by atoms with Crippen LogP contribution < -0.4 is 5.32 Å². The number of aromatic amines is 1. The predicted molar refractivity (Wildman–Crippen MR) is 153 cm³/mol. The van der Waals surface area contributed by atoms with Crippen LogP contribution in [0.4, 0.5) is 5.82 Å². The Morgan fingerprint density at radius 2 is 1.92 bits per heavy atom. The van der Waals surface area contributed by atoms with E-state index in [0.717, 1.165) is 45.9 Å². The van der Waals surface area contributed by atoms with Crippen LogP contribution in [-0.4, -0.2) is 79.4 Å². The van der Waals surface area contributed by atoms with Crippen LogP contribution in [0.25, 0.3) is 27.9 Å². The molecule has 9 nitrogen and oxygen atoms in total. The number of thiol groups is 1. The minimum atomic E-state index is -0.152. The van der Waals surface area contributed by atoms with Crippen molar-refractivity contribution in [2.75, 3.05) is 39.0 Å². The van der Waals surface area contributed by atoms with Crippen LogP contribution in [0.3, 0.4) is 0 Å². The van der Waals surface area contributed by atoms with Gasteiger partial charge in [0.25, 0.3) is 0 Å². The second-order valence-electron chi connectivity index (χ2n) is 10.2. The number of carbonyl (C=O) groups excluding carboxylic acids is 1. The molecule has 0 fully saturated rings. The highest BCUT2D eigenvalue weighted by atomic mass is 32.1. The third-order valence-electron chi connectivity index (χ3n) is 6.86. The molecule has 4 rings (SSSR count). The molecule has 0 aromatic carbocycles. The maximum Gasteiger partial charge on any atom is 0.224 e. The van der Waals surface area contributed by atoms with E-state index in [1.165, 1.54) is 11.1 Å². The highest BCUT2D eigenvalue weighted by molar-refractivity contribution is 7.80. The molecule has 1 atom stereocenters. The van der Waals surface area contributed by atoms with Crippen molar-refractivity contribution in [3.63, 3.8) is 0 Å². The monoisotopic (exact) mass is 522 g/mol. The summed E-state index contributed by atoms with van der Waals surface area (Å²) in [4.78, 5) is 29.5. The minimum absolute atomic E-state index is 0.105. The maximum absolute atomic E-state index is 12.7. The first kappa shape index (κ1) is 26.9. The lowest BCUT2D eigenvalue weighted by Crippen LogP contribution is -2.40. The number of carbonyl (C=O) groups is 1. The minimum Gasteiger partial charge on any atom is -0.368 e. The largest absolute Gasteiger partial charge is 0.368 e. The molecule has 10 heteroatoms. The highest BCUT2D eigenvalue weighted by Crippen LogP contribution is 2.37. The summed E-state index contributed by atoms with van der Waals surface area (Å²) in [5, 5.41) is 7.63. The first-order valence-corrected chi connectivity index (χ1v) is 13.3. The second-order valence-corrected chi connectivity index (χ2v) is 10.9. The van der Waals surface area contributed by atoms with Crippen LogP contribution >= 0.6 is 12.6 Å². The highest BCUT2D eigenvalue weighted by Gasteiger charge is 2.21. The zero-order valence-corrected chi connectivity index (χ0v) is 23.7. The lowest BCUT2D eigenvalue weighted by Gasteiger charge is -2.27. The van der Waals surface area contributed by atoms with Crippen molar-refractivity contribution in [2.45, 2.75) is 52.3 Å². The van der Waals surface area contributed by atoms with Crippen molar-refractivity contribution in [2.24, 2.45) is 0 Å². The summed E-state index contributed by atoms with van der Waals surface area (Å²) in [6, 6.07) is 4.05. The zero-order valence-electron chi connectivity index (χ0n) is 22.8. The summed E-state index contributed by atoms with van der Waals surface area (Å²) in [6.45, 7) is 12.4. The van der Waals surface area contributed by atoms with E-state index in [9.17, 15) is 4.79 Å². The van der Waals surface area contributed by atoms with Gasteiger partial charge in [0.1, 0.15) is 12.1 Å². The summed E-state index contributed by atoms with van der Waals surface area (Å²) >= 11 is 4.53. The Morgan fingerprint density at radius 3 is 2.59 bits per heavy atom. The smallest absolute Gasteiger partial charge is 0.224 e. The van der Waals surface area contributed by atoms with Gasteiger partial charge >= 0.3 is 0 Å². The molecule has 0 aliphatic heterocycles. The lowest BCUT2D eigenvalue weighted by atomic mass is 9.95. The van der Waals surface area contributed by atoms with E-state index >= 15 is 0 Å². The molecule has 37 heavy (non-hydrogen) atoms. The Kier molecular flexibility index (Phi) is 8.08. The van der Waals surface area contributed by atoms with Gasteiger partial charge in [-0.2, -0.15) is 17.7 Å². The van der Waals surface area contributed by atoms with Gasteiger partial charge in [0.15, 0.2) is 5.65 Å². The fraction of sp³-hybridized carbons (Fsp3) is 0.481. The molecular weight excluding hydrogens is 484 g/mol. The first-order chi connectivity index (χ1) is 17.6. The molecule has 4 aromatic rings. The zero-order chi connectivity index (χ0) is 26.9. The van der Waals surface area contributed by atoms with Crippen molar-refractivity contribution in [1.82, 2.24) is 34.4 Å². The van der Waals surface area contributed by atoms with Gasteiger partial charge in [-0.25, -0.2) is 14.5 Å². The number of aromatic nitrogens is 5. The molecule has 1 unspecified atom stereocenters. The molecule has 0 saturated heterocycles. The summed E-state index contributed by atoms with van der Waals surface area (Å²) < 4.78 is 1.84. The fourth-order valence-electron chi connectivity index (χ4n) is 4.70. The summed E-state index contributed by atoms with van der Waals surface area (Å²) in [5.41, 5.74) is 8.43. The number of nitrogens with one attached hydrogen (secondary N) is 2. The van der Waals surface area contributed by atoms with Crippen LogP contribution in [-0.2, 0) is 4.79 Å². The lowest BCUT2D eigenvalue weighted by molar-refractivity contribution is -0.131. The number of amides is 1. The Hall–Kier alpha value is -3.11. The van der Waals surface area contributed by atoms with Crippen molar-refractivity contribution in [1.29, 1.82) is 0 Å². The number of rotatable bonds is 10. The molecule has 0 saturated carbocycles. The van der Waals surface area contributed by atoms with Crippen LogP contribution in [0, 0.1) is 13.8 Å². The summed E-state index contributed by atoms with van der Waals surface area (Å²) in [5.74, 6) is 1.15. The molecular formula is C27H38N8OS. The fourth-order valence-corrected chi connectivity index (χ4v) is 4.94. The van der Waals surface area contributed by atoms with E-state index in [1.807, 2.05) is 42.7 Å². The van der Waals surface area contributed by atoms with E-state index in [4.69, 9.17) is 4.98 Å². The molecule has 0 bridgehead atoms. The Morgan fingerprint density at radius 1 is 1.16 bits per heavy atom.